The monoisotopic (exact) mass is 219 g/mol. The molecule has 0 aromatic carbocycles. The van der Waals surface area contributed by atoms with Crippen LogP contribution in [0.4, 0.5) is 8.78 Å². The zero-order chi connectivity index (χ0) is 11.5. The molecule has 0 unspecified atom stereocenters. The lowest BCUT2D eigenvalue weighted by Crippen LogP contribution is -2.48. The fourth-order valence-corrected chi connectivity index (χ4v) is 1.45. The number of carbonyl (C=O) groups excluding carboxylic acids is 1. The van der Waals surface area contributed by atoms with Crippen molar-refractivity contribution in [3.05, 3.63) is 12.2 Å². The lowest BCUT2D eigenvalue weighted by molar-refractivity contribution is -0.161. The van der Waals surface area contributed by atoms with Crippen LogP contribution in [-0.2, 0) is 9.53 Å². The molecule has 1 rings (SSSR count). The fraction of sp³-hybridized carbons (Fsp3) is 0.700. The molecule has 0 N–H and O–H groups in total. The van der Waals surface area contributed by atoms with Crippen LogP contribution in [-0.4, -0.2) is 43.0 Å². The SMILES string of the molecule is C=C(C)CC(F)(F)C(=O)N1CCOCC1. The highest BCUT2D eigenvalue weighted by atomic mass is 19.3. The minimum Gasteiger partial charge on any atom is -0.378 e. The molecule has 1 aliphatic rings. The summed E-state index contributed by atoms with van der Waals surface area (Å²) in [6, 6.07) is 0. The summed E-state index contributed by atoms with van der Waals surface area (Å²) in [7, 11) is 0. The first-order valence-corrected chi connectivity index (χ1v) is 4.83. The smallest absolute Gasteiger partial charge is 0.328 e. The third-order valence-corrected chi connectivity index (χ3v) is 2.13. The van der Waals surface area contributed by atoms with Gasteiger partial charge in [0.25, 0.3) is 5.91 Å². The Morgan fingerprint density at radius 2 is 2.00 bits per heavy atom. The summed E-state index contributed by atoms with van der Waals surface area (Å²) in [6.07, 6.45) is -0.580. The number of hydrogen-bond acceptors (Lipinski definition) is 2. The molecule has 0 spiro atoms. The van der Waals surface area contributed by atoms with E-state index in [1.807, 2.05) is 0 Å². The second-order valence-electron chi connectivity index (χ2n) is 3.74. The van der Waals surface area contributed by atoms with E-state index in [1.54, 1.807) is 0 Å². The van der Waals surface area contributed by atoms with Gasteiger partial charge in [-0.15, -0.1) is 0 Å². The molecule has 0 saturated carbocycles. The molecule has 1 aliphatic heterocycles. The zero-order valence-corrected chi connectivity index (χ0v) is 8.76. The number of rotatable bonds is 3. The Kier molecular flexibility index (Phi) is 3.79. The molecule has 3 nitrogen and oxygen atoms in total. The highest BCUT2D eigenvalue weighted by molar-refractivity contribution is 5.83. The zero-order valence-electron chi connectivity index (χ0n) is 8.76. The van der Waals surface area contributed by atoms with Crippen molar-refractivity contribution in [3.8, 4) is 0 Å². The number of carbonyl (C=O) groups is 1. The number of ether oxygens (including phenoxy) is 1. The van der Waals surface area contributed by atoms with Crippen LogP contribution in [0.25, 0.3) is 0 Å². The molecule has 15 heavy (non-hydrogen) atoms. The number of morpholine rings is 1. The molecule has 0 aromatic heterocycles. The Balaban J connectivity index is 2.60. The molecule has 5 heteroatoms. The van der Waals surface area contributed by atoms with Crippen molar-refractivity contribution in [2.24, 2.45) is 0 Å². The maximum Gasteiger partial charge on any atom is 0.328 e. The van der Waals surface area contributed by atoms with Gasteiger partial charge in [-0.25, -0.2) is 0 Å². The Morgan fingerprint density at radius 3 is 2.47 bits per heavy atom. The van der Waals surface area contributed by atoms with Gasteiger partial charge in [-0.05, 0) is 6.92 Å². The first-order valence-electron chi connectivity index (χ1n) is 4.83. The highest BCUT2D eigenvalue weighted by Crippen LogP contribution is 2.25. The van der Waals surface area contributed by atoms with Crippen LogP contribution < -0.4 is 0 Å². The van der Waals surface area contributed by atoms with Crippen LogP contribution in [0.15, 0.2) is 12.2 Å². The summed E-state index contributed by atoms with van der Waals surface area (Å²) in [6.45, 7) is 6.02. The number of nitrogens with zero attached hydrogens (tertiary/aromatic N) is 1. The maximum atomic E-state index is 13.4. The van der Waals surface area contributed by atoms with Gasteiger partial charge in [0, 0.05) is 19.5 Å². The third-order valence-electron chi connectivity index (χ3n) is 2.13. The summed E-state index contributed by atoms with van der Waals surface area (Å²) >= 11 is 0. The minimum absolute atomic E-state index is 0.241. The molecular formula is C10H15F2NO2. The largest absolute Gasteiger partial charge is 0.378 e. The molecular weight excluding hydrogens is 204 g/mol. The van der Waals surface area contributed by atoms with E-state index in [4.69, 9.17) is 4.74 Å². The molecule has 0 bridgehead atoms. The molecule has 1 saturated heterocycles. The summed E-state index contributed by atoms with van der Waals surface area (Å²) in [5, 5.41) is 0. The van der Waals surface area contributed by atoms with Crippen molar-refractivity contribution in [1.82, 2.24) is 4.90 Å². The van der Waals surface area contributed by atoms with E-state index in [2.05, 4.69) is 6.58 Å². The van der Waals surface area contributed by atoms with Crippen molar-refractivity contribution in [1.29, 1.82) is 0 Å². The van der Waals surface area contributed by atoms with Gasteiger partial charge in [0.1, 0.15) is 0 Å². The molecule has 0 aromatic rings. The molecule has 0 radical (unpaired) electrons. The highest BCUT2D eigenvalue weighted by Gasteiger charge is 2.42. The topological polar surface area (TPSA) is 29.5 Å². The van der Waals surface area contributed by atoms with E-state index in [-0.39, 0.29) is 13.1 Å². The van der Waals surface area contributed by atoms with E-state index in [0.717, 1.165) is 4.90 Å². The minimum atomic E-state index is -3.33. The summed E-state index contributed by atoms with van der Waals surface area (Å²) in [4.78, 5) is 12.6. The van der Waals surface area contributed by atoms with Crippen molar-refractivity contribution in [3.63, 3.8) is 0 Å². The Hall–Kier alpha value is -0.970. The van der Waals surface area contributed by atoms with Crippen LogP contribution in [0, 0.1) is 0 Å². The number of hydrogen-bond donors (Lipinski definition) is 0. The van der Waals surface area contributed by atoms with Gasteiger partial charge in [0.05, 0.1) is 13.2 Å². The van der Waals surface area contributed by atoms with Crippen LogP contribution >= 0.6 is 0 Å². The molecule has 1 fully saturated rings. The second-order valence-corrected chi connectivity index (χ2v) is 3.74. The third kappa shape index (κ3) is 3.27. The average Bonchev–Trinajstić information content (AvgIpc) is 2.16. The van der Waals surface area contributed by atoms with E-state index >= 15 is 0 Å². The second kappa shape index (κ2) is 4.70. The Morgan fingerprint density at radius 1 is 1.47 bits per heavy atom. The first kappa shape index (κ1) is 12.1. The van der Waals surface area contributed by atoms with E-state index in [0.29, 0.717) is 18.8 Å². The Bertz CT molecular complexity index is 260. The van der Waals surface area contributed by atoms with Gasteiger partial charge in [-0.2, -0.15) is 8.78 Å². The predicted molar refractivity (Wildman–Crippen MR) is 51.8 cm³/mol. The van der Waals surface area contributed by atoms with Crippen LogP contribution in [0.1, 0.15) is 13.3 Å². The van der Waals surface area contributed by atoms with Crippen molar-refractivity contribution in [2.45, 2.75) is 19.3 Å². The molecule has 1 amide bonds. The number of halogens is 2. The number of amides is 1. The Labute approximate surface area is 87.7 Å². The van der Waals surface area contributed by atoms with Crippen LogP contribution in [0.3, 0.4) is 0 Å². The normalized spacial score (nSPS) is 17.7. The van der Waals surface area contributed by atoms with Crippen LogP contribution in [0.2, 0.25) is 0 Å². The molecule has 0 aliphatic carbocycles. The molecule has 86 valence electrons. The van der Waals surface area contributed by atoms with Gasteiger partial charge in [-0.3, -0.25) is 4.79 Å². The standard InChI is InChI=1S/C10H15F2NO2/c1-8(2)7-10(11,12)9(14)13-3-5-15-6-4-13/h1,3-7H2,2H3. The average molecular weight is 219 g/mol. The number of allylic oxidation sites excluding steroid dienone is 1. The molecule has 1 heterocycles. The predicted octanol–water partition coefficient (Wildman–Crippen LogP) is 1.45. The lowest BCUT2D eigenvalue weighted by atomic mass is 10.1. The number of alkyl halides is 2. The maximum absolute atomic E-state index is 13.4. The first-order chi connectivity index (χ1) is 6.93. The van der Waals surface area contributed by atoms with Gasteiger partial charge < -0.3 is 9.64 Å². The summed E-state index contributed by atoms with van der Waals surface area (Å²) in [5.74, 6) is -4.45. The van der Waals surface area contributed by atoms with Gasteiger partial charge in [0.15, 0.2) is 0 Å². The van der Waals surface area contributed by atoms with Crippen molar-refractivity contribution in [2.75, 3.05) is 26.3 Å². The van der Waals surface area contributed by atoms with Gasteiger partial charge >= 0.3 is 5.92 Å². The summed E-state index contributed by atoms with van der Waals surface area (Å²) < 4.78 is 31.7. The van der Waals surface area contributed by atoms with Gasteiger partial charge in [-0.1, -0.05) is 12.2 Å². The van der Waals surface area contributed by atoms with Gasteiger partial charge in [0.2, 0.25) is 0 Å². The molecule has 0 atom stereocenters. The van der Waals surface area contributed by atoms with Crippen molar-refractivity contribution >= 4 is 5.91 Å². The quantitative estimate of drug-likeness (QED) is 0.672. The van der Waals surface area contributed by atoms with E-state index < -0.39 is 18.3 Å². The summed E-state index contributed by atoms with van der Waals surface area (Å²) in [5.41, 5.74) is 0.307. The van der Waals surface area contributed by atoms with E-state index in [1.165, 1.54) is 6.92 Å². The van der Waals surface area contributed by atoms with Crippen molar-refractivity contribution < 1.29 is 18.3 Å². The van der Waals surface area contributed by atoms with E-state index in [9.17, 15) is 13.6 Å². The fourth-order valence-electron chi connectivity index (χ4n) is 1.45. The lowest BCUT2D eigenvalue weighted by Gasteiger charge is -2.30. The van der Waals surface area contributed by atoms with Crippen LogP contribution in [0.5, 0.6) is 0 Å².